The quantitative estimate of drug-likeness (QED) is 0.576. The first-order valence-corrected chi connectivity index (χ1v) is 8.49. The highest BCUT2D eigenvalue weighted by Crippen LogP contribution is 2.26. The van der Waals surface area contributed by atoms with Crippen molar-refractivity contribution in [2.75, 3.05) is 5.32 Å². The number of aromatic amines is 1. The third-order valence-electron chi connectivity index (χ3n) is 4.06. The maximum Gasteiger partial charge on any atom is 0.221 e. The molecule has 0 aliphatic heterocycles. The van der Waals surface area contributed by atoms with E-state index < -0.39 is 0 Å². The lowest BCUT2D eigenvalue weighted by Gasteiger charge is -2.06. The van der Waals surface area contributed by atoms with Crippen LogP contribution >= 0.6 is 0 Å². The lowest BCUT2D eigenvalue weighted by molar-refractivity contribution is -0.114. The maximum absolute atomic E-state index is 11.3. The molecule has 3 heterocycles. The molecular formula is C21H17N5O. The minimum atomic E-state index is -0.131. The van der Waals surface area contributed by atoms with Crippen LogP contribution in [0, 0.1) is 0 Å². The van der Waals surface area contributed by atoms with Gasteiger partial charge in [-0.05, 0) is 29.3 Å². The van der Waals surface area contributed by atoms with Gasteiger partial charge in [0.2, 0.25) is 5.91 Å². The molecule has 0 bridgehead atoms. The lowest BCUT2D eigenvalue weighted by Crippen LogP contribution is -2.05. The number of nitrogens with one attached hydrogen (secondary N) is 2. The van der Waals surface area contributed by atoms with E-state index in [9.17, 15) is 4.79 Å². The monoisotopic (exact) mass is 355 g/mol. The second-order valence-electron chi connectivity index (χ2n) is 6.08. The van der Waals surface area contributed by atoms with E-state index in [1.165, 1.54) is 6.92 Å². The van der Waals surface area contributed by atoms with Gasteiger partial charge in [-0.1, -0.05) is 30.3 Å². The number of amides is 1. The predicted molar refractivity (Wildman–Crippen MR) is 105 cm³/mol. The van der Waals surface area contributed by atoms with Gasteiger partial charge in [0.1, 0.15) is 5.69 Å². The van der Waals surface area contributed by atoms with Crippen molar-refractivity contribution in [3.05, 3.63) is 73.3 Å². The highest BCUT2D eigenvalue weighted by molar-refractivity contribution is 5.89. The van der Waals surface area contributed by atoms with Crippen LogP contribution in [0.1, 0.15) is 6.92 Å². The third-order valence-corrected chi connectivity index (χ3v) is 4.06. The van der Waals surface area contributed by atoms with Gasteiger partial charge in [0.05, 0.1) is 23.8 Å². The first-order chi connectivity index (χ1) is 13.2. The largest absolute Gasteiger partial charge is 0.337 e. The molecule has 6 nitrogen and oxygen atoms in total. The van der Waals surface area contributed by atoms with Gasteiger partial charge in [-0.15, -0.1) is 0 Å². The van der Waals surface area contributed by atoms with Crippen molar-refractivity contribution in [2.45, 2.75) is 6.92 Å². The number of benzene rings is 1. The summed E-state index contributed by atoms with van der Waals surface area (Å²) in [6, 6.07) is 15.7. The molecule has 2 N–H and O–H groups in total. The summed E-state index contributed by atoms with van der Waals surface area (Å²) in [5.41, 5.74) is 5.23. The highest BCUT2D eigenvalue weighted by Gasteiger charge is 2.09. The molecule has 4 rings (SSSR count). The van der Waals surface area contributed by atoms with Gasteiger partial charge in [0.15, 0.2) is 5.82 Å². The number of pyridine rings is 2. The van der Waals surface area contributed by atoms with Crippen molar-refractivity contribution in [1.82, 2.24) is 19.9 Å². The fourth-order valence-corrected chi connectivity index (χ4v) is 2.82. The maximum atomic E-state index is 11.3. The summed E-state index contributed by atoms with van der Waals surface area (Å²) in [6.07, 6.45) is 6.91. The smallest absolute Gasteiger partial charge is 0.221 e. The molecule has 0 radical (unpaired) electrons. The zero-order valence-corrected chi connectivity index (χ0v) is 14.7. The Labute approximate surface area is 156 Å². The molecule has 0 saturated carbocycles. The van der Waals surface area contributed by atoms with Gasteiger partial charge in [0.25, 0.3) is 0 Å². The van der Waals surface area contributed by atoms with E-state index >= 15 is 0 Å². The molecule has 0 aliphatic carbocycles. The lowest BCUT2D eigenvalue weighted by atomic mass is 10.1. The van der Waals surface area contributed by atoms with E-state index in [4.69, 9.17) is 0 Å². The average Bonchev–Trinajstić information content (AvgIpc) is 3.19. The summed E-state index contributed by atoms with van der Waals surface area (Å²) >= 11 is 0. The first-order valence-electron chi connectivity index (χ1n) is 8.49. The second-order valence-corrected chi connectivity index (χ2v) is 6.08. The van der Waals surface area contributed by atoms with Crippen molar-refractivity contribution in [1.29, 1.82) is 0 Å². The number of carbonyl (C=O) groups excluding carboxylic acids is 1. The van der Waals surface area contributed by atoms with Gasteiger partial charge in [-0.3, -0.25) is 14.8 Å². The Kier molecular flexibility index (Phi) is 4.45. The molecule has 0 aliphatic rings. The molecule has 4 aromatic rings. The molecule has 0 atom stereocenters. The van der Waals surface area contributed by atoms with E-state index in [0.29, 0.717) is 11.5 Å². The summed E-state index contributed by atoms with van der Waals surface area (Å²) in [5.74, 6) is 0.565. The van der Waals surface area contributed by atoms with Crippen LogP contribution in [0.3, 0.4) is 0 Å². The van der Waals surface area contributed by atoms with Crippen molar-refractivity contribution in [2.24, 2.45) is 0 Å². The molecule has 0 spiro atoms. The molecule has 1 aromatic carbocycles. The summed E-state index contributed by atoms with van der Waals surface area (Å²) < 4.78 is 0. The van der Waals surface area contributed by atoms with Crippen LogP contribution in [0.2, 0.25) is 0 Å². The molecule has 132 valence electrons. The van der Waals surface area contributed by atoms with E-state index in [-0.39, 0.29) is 5.91 Å². The number of H-pyrrole nitrogens is 1. The van der Waals surface area contributed by atoms with Crippen molar-refractivity contribution in [3.8, 4) is 33.9 Å². The topological polar surface area (TPSA) is 83.6 Å². The third kappa shape index (κ3) is 3.74. The van der Waals surface area contributed by atoms with Gasteiger partial charge in [-0.2, -0.15) is 0 Å². The molecule has 0 fully saturated rings. The average molecular weight is 355 g/mol. The zero-order chi connectivity index (χ0) is 18.6. The standard InChI is InChI=1S/C21H17N5O/c1-14(27)25-18-9-17(11-22-12-18)16-7-8-23-19(10-16)21-24-13-20(26-21)15-5-3-2-4-6-15/h2-13H,1H3,(H,24,26)(H,25,27). The Hall–Kier alpha value is -3.80. The van der Waals surface area contributed by atoms with Crippen LogP contribution in [0.15, 0.2) is 73.3 Å². The summed E-state index contributed by atoms with van der Waals surface area (Å²) in [5, 5.41) is 2.75. The molecular weight excluding hydrogens is 338 g/mol. The Morgan fingerprint density at radius 1 is 0.926 bits per heavy atom. The van der Waals surface area contributed by atoms with Gasteiger partial charge >= 0.3 is 0 Å². The van der Waals surface area contributed by atoms with Crippen molar-refractivity contribution >= 4 is 11.6 Å². The fraction of sp³-hybridized carbons (Fsp3) is 0.0476. The van der Waals surface area contributed by atoms with Crippen LogP contribution in [0.5, 0.6) is 0 Å². The first kappa shape index (κ1) is 16.7. The Bertz CT molecular complexity index is 1090. The highest BCUT2D eigenvalue weighted by atomic mass is 16.1. The minimum Gasteiger partial charge on any atom is -0.337 e. The van der Waals surface area contributed by atoms with Crippen LogP contribution in [0.4, 0.5) is 5.69 Å². The second kappa shape index (κ2) is 7.21. The summed E-state index contributed by atoms with van der Waals surface area (Å²) in [4.78, 5) is 27.7. The van der Waals surface area contributed by atoms with Crippen molar-refractivity contribution < 1.29 is 4.79 Å². The van der Waals surface area contributed by atoms with Crippen LogP contribution < -0.4 is 5.32 Å². The van der Waals surface area contributed by atoms with E-state index in [1.807, 2.05) is 48.5 Å². The number of anilines is 1. The Morgan fingerprint density at radius 3 is 2.59 bits per heavy atom. The molecule has 1 amide bonds. The van der Waals surface area contributed by atoms with E-state index in [1.54, 1.807) is 24.8 Å². The number of nitrogens with zero attached hydrogens (tertiary/aromatic N) is 3. The number of carbonyl (C=O) groups is 1. The molecule has 3 aromatic heterocycles. The normalized spacial score (nSPS) is 10.6. The number of hydrogen-bond acceptors (Lipinski definition) is 4. The fourth-order valence-electron chi connectivity index (χ4n) is 2.82. The predicted octanol–water partition coefficient (Wildman–Crippen LogP) is 4.16. The Balaban J connectivity index is 1.66. The van der Waals surface area contributed by atoms with E-state index in [2.05, 4.69) is 25.3 Å². The number of aromatic nitrogens is 4. The van der Waals surface area contributed by atoms with Crippen molar-refractivity contribution in [3.63, 3.8) is 0 Å². The summed E-state index contributed by atoms with van der Waals surface area (Å²) in [6.45, 7) is 1.47. The van der Waals surface area contributed by atoms with Gasteiger partial charge < -0.3 is 10.3 Å². The zero-order valence-electron chi connectivity index (χ0n) is 14.7. The van der Waals surface area contributed by atoms with Crippen LogP contribution in [-0.4, -0.2) is 25.8 Å². The van der Waals surface area contributed by atoms with Gasteiger partial charge in [-0.25, -0.2) is 4.98 Å². The van der Waals surface area contributed by atoms with Crippen LogP contribution in [-0.2, 0) is 4.79 Å². The van der Waals surface area contributed by atoms with Crippen LogP contribution in [0.25, 0.3) is 33.9 Å². The number of rotatable bonds is 4. The molecule has 6 heteroatoms. The number of hydrogen-bond donors (Lipinski definition) is 2. The molecule has 27 heavy (non-hydrogen) atoms. The molecule has 0 unspecified atom stereocenters. The van der Waals surface area contributed by atoms with E-state index in [0.717, 1.165) is 28.1 Å². The van der Waals surface area contributed by atoms with Gasteiger partial charge in [0, 0.05) is 24.9 Å². The minimum absolute atomic E-state index is 0.131. The SMILES string of the molecule is CC(=O)Nc1cncc(-c2ccnc(-c3ncc(-c4ccccc4)[nH]3)c2)c1. The molecule has 0 saturated heterocycles. The number of imidazole rings is 1. The Morgan fingerprint density at radius 2 is 1.78 bits per heavy atom. The summed E-state index contributed by atoms with van der Waals surface area (Å²) in [7, 11) is 0.